The third-order valence-electron chi connectivity index (χ3n) is 4.04. The molecule has 0 bridgehead atoms. The first-order valence-electron chi connectivity index (χ1n) is 8.01. The number of aromatic nitrogens is 1. The lowest BCUT2D eigenvalue weighted by Gasteiger charge is -2.34. The molecule has 0 atom stereocenters. The average Bonchev–Trinajstić information content (AvgIpc) is 3.10. The van der Waals surface area contributed by atoms with Gasteiger partial charge in [-0.25, -0.2) is 9.78 Å². The van der Waals surface area contributed by atoms with E-state index >= 15 is 0 Å². The van der Waals surface area contributed by atoms with Crippen LogP contribution in [0, 0.1) is 0 Å². The largest absolute Gasteiger partial charge is 0.465 e. The van der Waals surface area contributed by atoms with E-state index in [0.29, 0.717) is 17.1 Å². The molecule has 1 fully saturated rings. The second kappa shape index (κ2) is 8.09. The Morgan fingerprint density at radius 2 is 2.04 bits per heavy atom. The summed E-state index contributed by atoms with van der Waals surface area (Å²) in [6.07, 6.45) is 1.79. The normalized spacial score (nSPS) is 15.0. The highest BCUT2D eigenvalue weighted by Gasteiger charge is 2.21. The van der Waals surface area contributed by atoms with Gasteiger partial charge >= 0.3 is 5.97 Å². The minimum atomic E-state index is -0.444. The van der Waals surface area contributed by atoms with Gasteiger partial charge in [0.2, 0.25) is 5.91 Å². The summed E-state index contributed by atoms with van der Waals surface area (Å²) in [5.41, 5.74) is 0.390. The predicted octanol–water partition coefficient (Wildman–Crippen LogP) is 1.69. The molecule has 1 amide bonds. The number of piperazine rings is 1. The number of pyridine rings is 1. The number of ether oxygens (including phenoxy) is 1. The quantitative estimate of drug-likeness (QED) is 0.818. The Balaban J connectivity index is 1.50. The van der Waals surface area contributed by atoms with Gasteiger partial charge < -0.3 is 15.0 Å². The van der Waals surface area contributed by atoms with E-state index in [1.165, 1.54) is 18.4 Å². The van der Waals surface area contributed by atoms with Gasteiger partial charge in [-0.1, -0.05) is 6.07 Å². The maximum atomic E-state index is 12.3. The number of methoxy groups -OCH3 is 1. The Kier molecular flexibility index (Phi) is 5.62. The SMILES string of the molecule is COC(=O)c1ccsc1NC(=O)CN1CCN(c2ccccn2)CC1. The summed E-state index contributed by atoms with van der Waals surface area (Å²) >= 11 is 1.31. The van der Waals surface area contributed by atoms with E-state index in [-0.39, 0.29) is 5.91 Å². The highest BCUT2D eigenvalue weighted by atomic mass is 32.1. The van der Waals surface area contributed by atoms with Crippen LogP contribution >= 0.6 is 11.3 Å². The Morgan fingerprint density at radius 1 is 1.24 bits per heavy atom. The third kappa shape index (κ3) is 4.34. The molecular weight excluding hydrogens is 340 g/mol. The second-order valence-electron chi connectivity index (χ2n) is 5.65. The number of hydrogen-bond donors (Lipinski definition) is 1. The van der Waals surface area contributed by atoms with Crippen molar-refractivity contribution in [2.24, 2.45) is 0 Å². The summed E-state index contributed by atoms with van der Waals surface area (Å²) < 4.78 is 4.72. The van der Waals surface area contributed by atoms with Crippen molar-refractivity contribution in [1.29, 1.82) is 0 Å². The van der Waals surface area contributed by atoms with Crippen molar-refractivity contribution in [2.45, 2.75) is 0 Å². The van der Waals surface area contributed by atoms with E-state index in [2.05, 4.69) is 20.1 Å². The summed E-state index contributed by atoms with van der Waals surface area (Å²) in [6.45, 7) is 3.54. The lowest BCUT2D eigenvalue weighted by molar-refractivity contribution is -0.117. The molecule has 7 nitrogen and oxygen atoms in total. The Morgan fingerprint density at radius 3 is 2.72 bits per heavy atom. The summed E-state index contributed by atoms with van der Waals surface area (Å²) in [6, 6.07) is 7.52. The number of nitrogens with one attached hydrogen (secondary N) is 1. The van der Waals surface area contributed by atoms with Gasteiger partial charge in [-0.3, -0.25) is 9.69 Å². The predicted molar refractivity (Wildman–Crippen MR) is 97.2 cm³/mol. The van der Waals surface area contributed by atoms with E-state index in [1.807, 2.05) is 18.2 Å². The first-order chi connectivity index (χ1) is 12.2. The summed E-state index contributed by atoms with van der Waals surface area (Å²) in [5, 5.41) is 5.10. The fraction of sp³-hybridized carbons (Fsp3) is 0.353. The van der Waals surface area contributed by atoms with Gasteiger partial charge in [0.25, 0.3) is 0 Å². The average molecular weight is 360 g/mol. The molecule has 0 spiro atoms. The Labute approximate surface area is 150 Å². The summed E-state index contributed by atoms with van der Waals surface area (Å²) in [7, 11) is 1.33. The van der Waals surface area contributed by atoms with Crippen LogP contribution in [0.15, 0.2) is 35.8 Å². The maximum absolute atomic E-state index is 12.3. The number of thiophene rings is 1. The molecule has 0 saturated carbocycles. The zero-order valence-corrected chi connectivity index (χ0v) is 14.8. The minimum absolute atomic E-state index is 0.126. The van der Waals surface area contributed by atoms with Crippen LogP contribution in [0.1, 0.15) is 10.4 Å². The molecule has 0 aromatic carbocycles. The van der Waals surface area contributed by atoms with Gasteiger partial charge in [0.15, 0.2) is 0 Å². The van der Waals surface area contributed by atoms with Crippen molar-refractivity contribution in [3.63, 3.8) is 0 Å². The van der Waals surface area contributed by atoms with Gasteiger partial charge in [-0.2, -0.15) is 0 Å². The van der Waals surface area contributed by atoms with E-state index in [1.54, 1.807) is 17.6 Å². The van der Waals surface area contributed by atoms with Gasteiger partial charge in [-0.15, -0.1) is 11.3 Å². The zero-order chi connectivity index (χ0) is 17.6. The van der Waals surface area contributed by atoms with Crippen molar-refractivity contribution in [1.82, 2.24) is 9.88 Å². The summed E-state index contributed by atoms with van der Waals surface area (Å²) in [4.78, 5) is 32.6. The fourth-order valence-corrected chi connectivity index (χ4v) is 3.51. The van der Waals surface area contributed by atoms with E-state index in [0.717, 1.165) is 32.0 Å². The monoisotopic (exact) mass is 360 g/mol. The van der Waals surface area contributed by atoms with Crippen LogP contribution in [0.25, 0.3) is 0 Å². The molecular formula is C17H20N4O3S. The minimum Gasteiger partial charge on any atom is -0.465 e. The van der Waals surface area contributed by atoms with E-state index in [9.17, 15) is 9.59 Å². The smallest absolute Gasteiger partial charge is 0.340 e. The lowest BCUT2D eigenvalue weighted by Crippen LogP contribution is -2.48. The molecule has 3 rings (SSSR count). The number of carbonyl (C=O) groups is 2. The number of anilines is 2. The van der Waals surface area contributed by atoms with E-state index < -0.39 is 5.97 Å². The molecule has 8 heteroatoms. The Bertz CT molecular complexity index is 727. The number of rotatable bonds is 5. The second-order valence-corrected chi connectivity index (χ2v) is 6.57. The highest BCUT2D eigenvalue weighted by molar-refractivity contribution is 7.14. The fourth-order valence-electron chi connectivity index (χ4n) is 2.72. The number of hydrogen-bond acceptors (Lipinski definition) is 7. The van der Waals surface area contributed by atoms with Gasteiger partial charge in [-0.05, 0) is 23.6 Å². The van der Waals surface area contributed by atoms with Gasteiger partial charge in [0, 0.05) is 32.4 Å². The number of amides is 1. The number of nitrogens with zero attached hydrogens (tertiary/aromatic N) is 3. The molecule has 25 heavy (non-hydrogen) atoms. The van der Waals surface area contributed by atoms with Gasteiger partial charge in [0.05, 0.1) is 19.2 Å². The molecule has 0 aliphatic carbocycles. The van der Waals surface area contributed by atoms with Crippen LogP contribution in [0.3, 0.4) is 0 Å². The van der Waals surface area contributed by atoms with E-state index in [4.69, 9.17) is 4.74 Å². The molecule has 0 unspecified atom stereocenters. The number of esters is 1. The zero-order valence-electron chi connectivity index (χ0n) is 14.0. The Hall–Kier alpha value is -2.45. The van der Waals surface area contributed by atoms with Crippen LogP contribution < -0.4 is 10.2 Å². The molecule has 2 aromatic heterocycles. The highest BCUT2D eigenvalue weighted by Crippen LogP contribution is 2.24. The van der Waals surface area contributed by atoms with Crippen LogP contribution in [-0.4, -0.2) is 61.6 Å². The molecule has 3 heterocycles. The maximum Gasteiger partial charge on any atom is 0.340 e. The van der Waals surface area contributed by atoms with Crippen molar-refractivity contribution in [2.75, 3.05) is 50.1 Å². The van der Waals surface area contributed by atoms with Crippen LogP contribution in [0.2, 0.25) is 0 Å². The molecule has 0 radical (unpaired) electrons. The topological polar surface area (TPSA) is 74.8 Å². The van der Waals surface area contributed by atoms with Gasteiger partial charge in [0.1, 0.15) is 10.8 Å². The van der Waals surface area contributed by atoms with Crippen molar-refractivity contribution in [3.05, 3.63) is 41.4 Å². The van der Waals surface area contributed by atoms with Crippen LogP contribution in [-0.2, 0) is 9.53 Å². The molecule has 1 aliphatic heterocycles. The molecule has 1 saturated heterocycles. The van der Waals surface area contributed by atoms with Crippen LogP contribution in [0.5, 0.6) is 0 Å². The molecule has 1 aliphatic rings. The molecule has 1 N–H and O–H groups in total. The summed E-state index contributed by atoms with van der Waals surface area (Å²) in [5.74, 6) is 0.396. The van der Waals surface area contributed by atoms with Crippen molar-refractivity contribution < 1.29 is 14.3 Å². The number of carbonyl (C=O) groups excluding carboxylic acids is 2. The van der Waals surface area contributed by atoms with Crippen molar-refractivity contribution >= 4 is 34.0 Å². The lowest BCUT2D eigenvalue weighted by atomic mass is 10.3. The van der Waals surface area contributed by atoms with Crippen LogP contribution in [0.4, 0.5) is 10.8 Å². The third-order valence-corrected chi connectivity index (χ3v) is 4.87. The standard InChI is InChI=1S/C17H20N4O3S/c1-24-17(23)13-5-11-25-16(13)19-15(22)12-20-7-9-21(10-8-20)14-4-2-3-6-18-14/h2-6,11H,7-10,12H2,1H3,(H,19,22). The molecule has 2 aromatic rings. The first-order valence-corrected chi connectivity index (χ1v) is 8.89. The first kappa shape index (κ1) is 17.4. The van der Waals surface area contributed by atoms with Crippen molar-refractivity contribution in [3.8, 4) is 0 Å². The molecule has 132 valence electrons.